The number of anilines is 1. The number of piperazine rings is 1. The summed E-state index contributed by atoms with van der Waals surface area (Å²) < 4.78 is 50.4. The fourth-order valence-electron chi connectivity index (χ4n) is 3.39. The topological polar surface area (TPSA) is 79.4 Å². The zero-order valence-electron chi connectivity index (χ0n) is 17.7. The summed E-state index contributed by atoms with van der Waals surface area (Å²) in [4.78, 5) is 16.2. The highest BCUT2D eigenvalue weighted by Gasteiger charge is 2.30. The molecule has 1 aliphatic rings. The number of sulfonamides is 1. The minimum absolute atomic E-state index is 0.0434. The molecule has 0 aromatic heterocycles. The van der Waals surface area contributed by atoms with Crippen LogP contribution in [0.15, 0.2) is 47.4 Å². The van der Waals surface area contributed by atoms with Crippen LogP contribution in [0.1, 0.15) is 0 Å². The van der Waals surface area contributed by atoms with Crippen LogP contribution in [-0.4, -0.2) is 77.5 Å². The maximum atomic E-state index is 13.1. The number of rotatable bonds is 7. The van der Waals surface area contributed by atoms with Gasteiger partial charge in [0.15, 0.2) is 11.5 Å². The molecule has 168 valence electrons. The molecule has 0 atom stereocenters. The number of carbonyl (C=O) groups is 1. The van der Waals surface area contributed by atoms with Crippen molar-refractivity contribution in [2.24, 2.45) is 0 Å². The molecule has 10 heteroatoms. The molecular formula is C21H26FN3O5S. The summed E-state index contributed by atoms with van der Waals surface area (Å²) >= 11 is 0. The summed E-state index contributed by atoms with van der Waals surface area (Å²) in [6.07, 6.45) is 0. The lowest BCUT2D eigenvalue weighted by Gasteiger charge is -2.35. The molecule has 0 saturated carbocycles. The molecule has 0 bridgehead atoms. The Kier molecular flexibility index (Phi) is 7.01. The number of nitrogens with zero attached hydrogens (tertiary/aromatic N) is 3. The van der Waals surface area contributed by atoms with Gasteiger partial charge in [-0.1, -0.05) is 0 Å². The monoisotopic (exact) mass is 451 g/mol. The van der Waals surface area contributed by atoms with Crippen molar-refractivity contribution in [3.8, 4) is 11.5 Å². The minimum Gasteiger partial charge on any atom is -0.493 e. The van der Waals surface area contributed by atoms with Crippen molar-refractivity contribution in [3.05, 3.63) is 48.3 Å². The van der Waals surface area contributed by atoms with Gasteiger partial charge < -0.3 is 19.3 Å². The lowest BCUT2D eigenvalue weighted by molar-refractivity contribution is -0.130. The maximum Gasteiger partial charge on any atom is 0.243 e. The summed E-state index contributed by atoms with van der Waals surface area (Å²) in [6, 6.07) is 10.1. The van der Waals surface area contributed by atoms with E-state index in [1.165, 1.54) is 16.4 Å². The number of amides is 1. The van der Waals surface area contributed by atoms with E-state index in [1.807, 2.05) is 6.07 Å². The van der Waals surface area contributed by atoms with Crippen LogP contribution in [0, 0.1) is 5.82 Å². The average Bonchev–Trinajstić information content (AvgIpc) is 2.78. The third-order valence-corrected chi connectivity index (χ3v) is 7.14. The van der Waals surface area contributed by atoms with Crippen molar-refractivity contribution in [2.45, 2.75) is 4.90 Å². The van der Waals surface area contributed by atoms with Gasteiger partial charge in [0, 0.05) is 45.0 Å². The van der Waals surface area contributed by atoms with Crippen LogP contribution >= 0.6 is 0 Å². The Bertz CT molecular complexity index is 1020. The molecule has 1 aliphatic heterocycles. The predicted molar refractivity (Wildman–Crippen MR) is 115 cm³/mol. The van der Waals surface area contributed by atoms with Crippen molar-refractivity contribution in [1.82, 2.24) is 9.21 Å². The van der Waals surface area contributed by atoms with Gasteiger partial charge in [-0.25, -0.2) is 12.8 Å². The van der Waals surface area contributed by atoms with Gasteiger partial charge >= 0.3 is 0 Å². The van der Waals surface area contributed by atoms with Crippen molar-refractivity contribution in [2.75, 3.05) is 58.9 Å². The normalized spacial score (nSPS) is 14.9. The summed E-state index contributed by atoms with van der Waals surface area (Å²) in [5.41, 5.74) is 0.795. The molecule has 0 N–H and O–H groups in total. The summed E-state index contributed by atoms with van der Waals surface area (Å²) in [5, 5.41) is 0. The Morgan fingerprint density at radius 1 is 1.00 bits per heavy atom. The van der Waals surface area contributed by atoms with E-state index in [0.29, 0.717) is 24.6 Å². The van der Waals surface area contributed by atoms with E-state index in [4.69, 9.17) is 9.47 Å². The second kappa shape index (κ2) is 9.52. The number of hydrogen-bond donors (Lipinski definition) is 0. The van der Waals surface area contributed by atoms with Gasteiger partial charge in [-0.3, -0.25) is 4.79 Å². The van der Waals surface area contributed by atoms with Crippen molar-refractivity contribution >= 4 is 21.6 Å². The molecule has 2 aromatic rings. The highest BCUT2D eigenvalue weighted by atomic mass is 32.2. The van der Waals surface area contributed by atoms with Crippen LogP contribution in [0.2, 0.25) is 0 Å². The van der Waals surface area contributed by atoms with Gasteiger partial charge in [0.2, 0.25) is 15.9 Å². The zero-order chi connectivity index (χ0) is 22.6. The standard InChI is InChI=1S/C21H26FN3O5S/c1-23(17-6-9-19(29-2)20(14-17)30-3)15-21(26)24-10-12-25(13-11-24)31(27,28)18-7-4-16(22)5-8-18/h4-9,14H,10-13,15H2,1-3H3. The zero-order valence-corrected chi connectivity index (χ0v) is 18.6. The van der Waals surface area contributed by atoms with Crippen LogP contribution in [0.25, 0.3) is 0 Å². The van der Waals surface area contributed by atoms with Crippen LogP contribution in [-0.2, 0) is 14.8 Å². The third-order valence-electron chi connectivity index (χ3n) is 5.22. The van der Waals surface area contributed by atoms with E-state index in [-0.39, 0.29) is 30.4 Å². The average molecular weight is 452 g/mol. The summed E-state index contributed by atoms with van der Waals surface area (Å²) in [5.74, 6) is 0.576. The first-order valence-corrected chi connectivity index (χ1v) is 11.2. The molecule has 0 aliphatic carbocycles. The smallest absolute Gasteiger partial charge is 0.243 e. The van der Waals surface area contributed by atoms with Crippen molar-refractivity contribution < 1.29 is 27.1 Å². The number of benzene rings is 2. The number of carbonyl (C=O) groups excluding carboxylic acids is 1. The van der Waals surface area contributed by atoms with Gasteiger partial charge in [0.1, 0.15) is 5.82 Å². The Hall–Kier alpha value is -2.85. The molecule has 31 heavy (non-hydrogen) atoms. The van der Waals surface area contributed by atoms with Gasteiger partial charge in [-0.15, -0.1) is 0 Å². The van der Waals surface area contributed by atoms with Gasteiger partial charge in [-0.05, 0) is 36.4 Å². The molecule has 1 amide bonds. The molecule has 0 spiro atoms. The second-order valence-electron chi connectivity index (χ2n) is 7.13. The molecule has 0 radical (unpaired) electrons. The Balaban J connectivity index is 1.59. The van der Waals surface area contributed by atoms with Gasteiger partial charge in [-0.2, -0.15) is 4.31 Å². The summed E-state index contributed by atoms with van der Waals surface area (Å²) in [7, 11) is 1.19. The molecule has 8 nitrogen and oxygen atoms in total. The number of likely N-dealkylation sites (N-methyl/N-ethyl adjacent to an activating group) is 1. The van der Waals surface area contributed by atoms with E-state index in [9.17, 15) is 17.6 Å². The van der Waals surface area contributed by atoms with Crippen LogP contribution < -0.4 is 14.4 Å². The second-order valence-corrected chi connectivity index (χ2v) is 9.07. The SMILES string of the molecule is COc1ccc(N(C)CC(=O)N2CCN(S(=O)(=O)c3ccc(F)cc3)CC2)cc1OC. The van der Waals surface area contributed by atoms with Crippen molar-refractivity contribution in [1.29, 1.82) is 0 Å². The lowest BCUT2D eigenvalue weighted by atomic mass is 10.2. The van der Waals surface area contributed by atoms with E-state index in [2.05, 4.69) is 0 Å². The first-order chi connectivity index (χ1) is 14.8. The van der Waals surface area contributed by atoms with E-state index in [0.717, 1.165) is 17.8 Å². The minimum atomic E-state index is -3.72. The Morgan fingerprint density at radius 3 is 2.19 bits per heavy atom. The molecule has 3 rings (SSSR count). The molecule has 2 aromatic carbocycles. The van der Waals surface area contributed by atoms with Crippen LogP contribution in [0.4, 0.5) is 10.1 Å². The molecular weight excluding hydrogens is 425 g/mol. The maximum absolute atomic E-state index is 13.1. The largest absolute Gasteiger partial charge is 0.493 e. The number of hydrogen-bond acceptors (Lipinski definition) is 6. The Labute approximate surface area is 181 Å². The molecule has 1 fully saturated rings. The molecule has 0 unspecified atom stereocenters. The van der Waals surface area contributed by atoms with Crippen LogP contribution in [0.5, 0.6) is 11.5 Å². The lowest BCUT2D eigenvalue weighted by Crippen LogP contribution is -2.52. The molecule has 1 saturated heterocycles. The van der Waals surface area contributed by atoms with Crippen molar-refractivity contribution in [3.63, 3.8) is 0 Å². The Morgan fingerprint density at radius 2 is 1.61 bits per heavy atom. The van der Waals surface area contributed by atoms with E-state index >= 15 is 0 Å². The summed E-state index contributed by atoms with van der Waals surface area (Å²) in [6.45, 7) is 1.09. The predicted octanol–water partition coefficient (Wildman–Crippen LogP) is 1.81. The highest BCUT2D eigenvalue weighted by Crippen LogP contribution is 2.31. The van der Waals surface area contributed by atoms with E-state index in [1.54, 1.807) is 43.2 Å². The van der Waals surface area contributed by atoms with Crippen LogP contribution in [0.3, 0.4) is 0 Å². The third kappa shape index (κ3) is 5.08. The first-order valence-electron chi connectivity index (χ1n) is 9.73. The molecule has 1 heterocycles. The quantitative estimate of drug-likeness (QED) is 0.639. The first kappa shape index (κ1) is 22.8. The number of halogens is 1. The highest BCUT2D eigenvalue weighted by molar-refractivity contribution is 7.89. The number of ether oxygens (including phenoxy) is 2. The van der Waals surface area contributed by atoms with E-state index < -0.39 is 15.8 Å². The van der Waals surface area contributed by atoms with Gasteiger partial charge in [0.05, 0.1) is 25.7 Å². The number of methoxy groups -OCH3 is 2. The fourth-order valence-corrected chi connectivity index (χ4v) is 4.81. The fraction of sp³-hybridized carbons (Fsp3) is 0.381. The van der Waals surface area contributed by atoms with Gasteiger partial charge in [0.25, 0.3) is 0 Å².